The van der Waals surface area contributed by atoms with Gasteiger partial charge in [0, 0.05) is 0 Å². The van der Waals surface area contributed by atoms with Crippen LogP contribution in [-0.2, 0) is 4.79 Å². The summed E-state index contributed by atoms with van der Waals surface area (Å²) in [4.78, 5) is 12.3. The van der Waals surface area contributed by atoms with E-state index in [-0.39, 0.29) is 0 Å². The second-order valence-corrected chi connectivity index (χ2v) is 19.3. The molecule has 0 unspecified atom stereocenters. The summed E-state index contributed by atoms with van der Waals surface area (Å²) >= 11 is -2.44. The van der Waals surface area contributed by atoms with Crippen LogP contribution < -0.4 is 0 Å². The third kappa shape index (κ3) is 6.78. The molecule has 1 nitrogen and oxygen atoms in total. The first-order valence-electron chi connectivity index (χ1n) is 8.79. The van der Waals surface area contributed by atoms with E-state index in [0.29, 0.717) is 5.78 Å². The van der Waals surface area contributed by atoms with Crippen LogP contribution in [0.2, 0.25) is 13.3 Å². The predicted octanol–water partition coefficient (Wildman–Crippen LogP) is 6.30. The molecule has 0 aromatic rings. The van der Waals surface area contributed by atoms with Crippen LogP contribution in [0.4, 0.5) is 0 Å². The number of unbranched alkanes of at least 4 members (excludes halogenated alkanes) is 3. The van der Waals surface area contributed by atoms with E-state index in [9.17, 15) is 4.79 Å². The second-order valence-electron chi connectivity index (χ2n) is 6.17. The van der Waals surface area contributed by atoms with Gasteiger partial charge in [0.05, 0.1) is 0 Å². The van der Waals surface area contributed by atoms with Gasteiger partial charge < -0.3 is 0 Å². The summed E-state index contributed by atoms with van der Waals surface area (Å²) in [6.45, 7) is 10.9. The number of carbonyl (C=O) groups excluding carboxylic acids is 1. The van der Waals surface area contributed by atoms with Crippen molar-refractivity contribution < 1.29 is 4.79 Å². The van der Waals surface area contributed by atoms with Gasteiger partial charge in [0.25, 0.3) is 0 Å². The molecule has 0 aliphatic rings. The Morgan fingerprint density at radius 3 is 1.50 bits per heavy atom. The Labute approximate surface area is 131 Å². The molecule has 0 aliphatic heterocycles. The van der Waals surface area contributed by atoms with E-state index in [1.54, 1.807) is 0 Å². The number of hydrogen-bond donors (Lipinski definition) is 0. The number of hydrogen-bond acceptors (Lipinski definition) is 1. The molecule has 0 aliphatic carbocycles. The molecule has 118 valence electrons. The average molecular weight is 387 g/mol. The first-order valence-corrected chi connectivity index (χ1v) is 16.3. The van der Waals surface area contributed by atoms with Crippen LogP contribution in [0.25, 0.3) is 0 Å². The Balaban J connectivity index is 5.39. The zero-order chi connectivity index (χ0) is 15.4. The van der Waals surface area contributed by atoms with E-state index in [1.807, 2.05) is 6.92 Å². The second kappa shape index (κ2) is 11.8. The van der Waals surface area contributed by atoms with Gasteiger partial charge in [-0.1, -0.05) is 0 Å². The molecule has 0 spiro atoms. The first-order chi connectivity index (χ1) is 9.57. The number of rotatable bonds is 12. The molecule has 0 saturated heterocycles. The third-order valence-corrected chi connectivity index (χ3v) is 20.5. The molecule has 0 atom stereocenters. The minimum absolute atomic E-state index is 0.394. The Morgan fingerprint density at radius 1 is 0.850 bits per heavy atom. The standard InChI is InChI=1S/C6H9O.3C4H9.Sn/c1-3-4-5-6(2)7;3*1-3-4-2;/h4H,3H2,1-2H3;3*1,3-4H2,2H3;. The molecule has 0 N–H and O–H groups in total. The fourth-order valence-electron chi connectivity index (χ4n) is 3.26. The molecule has 2 heteroatoms. The van der Waals surface area contributed by atoms with Gasteiger partial charge in [-0.3, -0.25) is 0 Å². The fraction of sp³-hybridized carbons (Fsp3) is 0.833. The summed E-state index contributed by atoms with van der Waals surface area (Å²) < 4.78 is 5.54. The van der Waals surface area contributed by atoms with Crippen LogP contribution in [0.5, 0.6) is 0 Å². The number of ketones is 1. The van der Waals surface area contributed by atoms with Crippen molar-refractivity contribution in [3.05, 3.63) is 9.67 Å². The van der Waals surface area contributed by atoms with Crippen molar-refractivity contribution in [2.45, 2.75) is 92.9 Å². The van der Waals surface area contributed by atoms with Crippen LogP contribution in [0.15, 0.2) is 9.67 Å². The average Bonchev–Trinajstić information content (AvgIpc) is 2.44. The maximum absolute atomic E-state index is 12.3. The van der Waals surface area contributed by atoms with Gasteiger partial charge in [-0.15, -0.1) is 0 Å². The summed E-state index contributed by atoms with van der Waals surface area (Å²) in [6.07, 6.45) is 11.1. The van der Waals surface area contributed by atoms with E-state index in [2.05, 4.69) is 33.8 Å². The predicted molar refractivity (Wildman–Crippen MR) is 94.0 cm³/mol. The van der Waals surface area contributed by atoms with Crippen molar-refractivity contribution in [2.24, 2.45) is 0 Å². The summed E-state index contributed by atoms with van der Waals surface area (Å²) in [5.74, 6) is 0.394. The van der Waals surface area contributed by atoms with Crippen LogP contribution in [-0.4, -0.2) is 24.2 Å². The third-order valence-electron chi connectivity index (χ3n) is 4.39. The molecule has 0 saturated carbocycles. The van der Waals surface area contributed by atoms with Crippen molar-refractivity contribution >= 4 is 24.2 Å². The SMILES string of the molecule is CC/C=[C](/C(C)=O)[Sn]([CH2]CCC)([CH2]CCC)[CH2]CCC. The Morgan fingerprint density at radius 2 is 1.25 bits per heavy atom. The fourth-order valence-corrected chi connectivity index (χ4v) is 20.5. The molecule has 0 radical (unpaired) electrons. The van der Waals surface area contributed by atoms with Crippen molar-refractivity contribution in [3.63, 3.8) is 0 Å². The molecule has 0 heterocycles. The Kier molecular flexibility index (Phi) is 11.9. The Bertz CT molecular complexity index is 272. The summed E-state index contributed by atoms with van der Waals surface area (Å²) in [5, 5.41) is 0. The Hall–Kier alpha value is 0.209. The molecule has 0 fully saturated rings. The molecule has 0 aromatic heterocycles. The first kappa shape index (κ1) is 20.2. The van der Waals surface area contributed by atoms with Gasteiger partial charge in [-0.25, -0.2) is 0 Å². The molecule has 0 aromatic carbocycles. The van der Waals surface area contributed by atoms with Crippen LogP contribution in [0, 0.1) is 0 Å². The molecular formula is C18H36OSn. The van der Waals surface area contributed by atoms with Crippen molar-refractivity contribution in [1.82, 2.24) is 0 Å². The van der Waals surface area contributed by atoms with Gasteiger partial charge in [-0.05, 0) is 0 Å². The monoisotopic (exact) mass is 388 g/mol. The molecule has 20 heavy (non-hydrogen) atoms. The van der Waals surface area contributed by atoms with Gasteiger partial charge in [0.2, 0.25) is 0 Å². The zero-order valence-electron chi connectivity index (χ0n) is 14.6. The van der Waals surface area contributed by atoms with E-state index in [4.69, 9.17) is 0 Å². The van der Waals surface area contributed by atoms with Gasteiger partial charge in [0.1, 0.15) is 0 Å². The maximum atomic E-state index is 12.3. The van der Waals surface area contributed by atoms with E-state index >= 15 is 0 Å². The number of allylic oxidation sites excluding steroid dienone is 2. The van der Waals surface area contributed by atoms with Crippen LogP contribution in [0.1, 0.15) is 79.6 Å². The molecule has 0 rings (SSSR count). The van der Waals surface area contributed by atoms with E-state index in [0.717, 1.165) is 6.42 Å². The number of Topliss-reactive ketones (excluding diaryl/α,β-unsaturated/α-hetero) is 1. The molecular weight excluding hydrogens is 351 g/mol. The molecule has 0 bridgehead atoms. The van der Waals surface area contributed by atoms with E-state index < -0.39 is 18.4 Å². The van der Waals surface area contributed by atoms with Gasteiger partial charge >= 0.3 is 131 Å². The van der Waals surface area contributed by atoms with Gasteiger partial charge in [-0.2, -0.15) is 0 Å². The topological polar surface area (TPSA) is 17.1 Å². The van der Waals surface area contributed by atoms with Crippen molar-refractivity contribution in [2.75, 3.05) is 0 Å². The zero-order valence-corrected chi connectivity index (χ0v) is 17.4. The van der Waals surface area contributed by atoms with Crippen LogP contribution in [0.3, 0.4) is 0 Å². The van der Waals surface area contributed by atoms with E-state index in [1.165, 1.54) is 55.4 Å². The molecule has 0 amide bonds. The number of carbonyl (C=O) groups is 1. The van der Waals surface area contributed by atoms with Crippen molar-refractivity contribution in [3.8, 4) is 0 Å². The minimum atomic E-state index is -2.44. The summed E-state index contributed by atoms with van der Waals surface area (Å²) in [5.41, 5.74) is 0. The van der Waals surface area contributed by atoms with Crippen LogP contribution >= 0.6 is 0 Å². The summed E-state index contributed by atoms with van der Waals surface area (Å²) in [7, 11) is 0. The summed E-state index contributed by atoms with van der Waals surface area (Å²) in [6, 6.07) is 0. The quantitative estimate of drug-likeness (QED) is 0.284. The van der Waals surface area contributed by atoms with Gasteiger partial charge in [0.15, 0.2) is 0 Å². The normalized spacial score (nSPS) is 12.8. The van der Waals surface area contributed by atoms with Crippen molar-refractivity contribution in [1.29, 1.82) is 0 Å².